The summed E-state index contributed by atoms with van der Waals surface area (Å²) >= 11 is 0. The van der Waals surface area contributed by atoms with Gasteiger partial charge in [0.1, 0.15) is 0 Å². The number of piperidine rings is 1. The molecule has 2 heterocycles. The first kappa shape index (κ1) is 14.3. The Bertz CT molecular complexity index is 231. The van der Waals surface area contributed by atoms with E-state index in [1.165, 1.54) is 38.8 Å². The largest absolute Gasteiger partial charge is 0.377 e. The Hall–Kier alpha value is -0.160. The van der Waals surface area contributed by atoms with Gasteiger partial charge < -0.3 is 19.9 Å². The van der Waals surface area contributed by atoms with Crippen molar-refractivity contribution >= 4 is 0 Å². The van der Waals surface area contributed by atoms with Crippen LogP contribution in [0, 0.1) is 0 Å². The Kier molecular flexibility index (Phi) is 5.89. The third-order valence-electron chi connectivity index (χ3n) is 4.31. The van der Waals surface area contributed by atoms with Crippen molar-refractivity contribution in [2.45, 2.75) is 37.8 Å². The Labute approximate surface area is 112 Å². The summed E-state index contributed by atoms with van der Waals surface area (Å²) < 4.78 is 5.95. The summed E-state index contributed by atoms with van der Waals surface area (Å²) in [6.45, 7) is 6.64. The molecule has 4 nitrogen and oxygen atoms in total. The van der Waals surface area contributed by atoms with Crippen molar-refractivity contribution in [2.75, 3.05) is 53.4 Å². The van der Waals surface area contributed by atoms with Gasteiger partial charge in [-0.2, -0.15) is 0 Å². The summed E-state index contributed by atoms with van der Waals surface area (Å²) in [5.41, 5.74) is 0. The summed E-state index contributed by atoms with van der Waals surface area (Å²) in [4.78, 5) is 4.91. The number of nitrogens with one attached hydrogen (secondary N) is 1. The second-order valence-corrected chi connectivity index (χ2v) is 5.86. The van der Waals surface area contributed by atoms with Crippen molar-refractivity contribution in [3.63, 3.8) is 0 Å². The van der Waals surface area contributed by atoms with E-state index in [0.29, 0.717) is 6.10 Å². The second kappa shape index (κ2) is 7.43. The highest BCUT2D eigenvalue weighted by atomic mass is 16.5. The van der Waals surface area contributed by atoms with Gasteiger partial charge in [0.15, 0.2) is 0 Å². The normalized spacial score (nSPS) is 27.2. The van der Waals surface area contributed by atoms with Crippen LogP contribution in [0.2, 0.25) is 0 Å². The van der Waals surface area contributed by atoms with Gasteiger partial charge in [0, 0.05) is 19.1 Å². The molecule has 106 valence electrons. The summed E-state index contributed by atoms with van der Waals surface area (Å²) in [6.07, 6.45) is 5.56. The van der Waals surface area contributed by atoms with Gasteiger partial charge in [0.05, 0.1) is 12.7 Å². The topological polar surface area (TPSA) is 27.7 Å². The average molecular weight is 255 g/mol. The lowest BCUT2D eigenvalue weighted by Crippen LogP contribution is -2.39. The Balaban J connectivity index is 1.55. The van der Waals surface area contributed by atoms with E-state index in [9.17, 15) is 0 Å². The van der Waals surface area contributed by atoms with Crippen molar-refractivity contribution in [1.82, 2.24) is 15.1 Å². The first-order valence-electron chi connectivity index (χ1n) is 7.47. The molecule has 2 aliphatic rings. The van der Waals surface area contributed by atoms with E-state index in [0.717, 1.165) is 32.3 Å². The third-order valence-corrected chi connectivity index (χ3v) is 4.31. The van der Waals surface area contributed by atoms with E-state index >= 15 is 0 Å². The first-order chi connectivity index (χ1) is 8.75. The van der Waals surface area contributed by atoms with Crippen molar-refractivity contribution in [3.8, 4) is 0 Å². The van der Waals surface area contributed by atoms with E-state index < -0.39 is 0 Å². The van der Waals surface area contributed by atoms with Crippen LogP contribution in [-0.4, -0.2) is 75.4 Å². The molecule has 0 aliphatic carbocycles. The van der Waals surface area contributed by atoms with Gasteiger partial charge in [0.2, 0.25) is 0 Å². The number of nitrogens with zero attached hydrogens (tertiary/aromatic N) is 2. The smallest absolute Gasteiger partial charge is 0.0600 e. The molecule has 1 unspecified atom stereocenters. The average Bonchev–Trinajstić information content (AvgIpc) is 2.76. The molecule has 0 aromatic carbocycles. The molecular formula is C14H29N3O. The Morgan fingerprint density at radius 2 is 2.06 bits per heavy atom. The zero-order valence-electron chi connectivity index (χ0n) is 12.0. The molecular weight excluding hydrogens is 226 g/mol. The minimum Gasteiger partial charge on any atom is -0.377 e. The maximum absolute atomic E-state index is 5.95. The van der Waals surface area contributed by atoms with Crippen molar-refractivity contribution in [3.05, 3.63) is 0 Å². The molecule has 0 radical (unpaired) electrons. The van der Waals surface area contributed by atoms with Crippen LogP contribution in [0.15, 0.2) is 0 Å². The van der Waals surface area contributed by atoms with Gasteiger partial charge in [0.25, 0.3) is 0 Å². The van der Waals surface area contributed by atoms with E-state index in [1.807, 2.05) is 0 Å². The summed E-state index contributed by atoms with van der Waals surface area (Å²) in [7, 11) is 4.47. The van der Waals surface area contributed by atoms with Gasteiger partial charge >= 0.3 is 0 Å². The number of hydrogen-bond acceptors (Lipinski definition) is 4. The monoisotopic (exact) mass is 255 g/mol. The summed E-state index contributed by atoms with van der Waals surface area (Å²) in [5, 5.41) is 3.37. The maximum Gasteiger partial charge on any atom is 0.0600 e. The maximum atomic E-state index is 5.95. The van der Waals surface area contributed by atoms with Crippen LogP contribution in [0.4, 0.5) is 0 Å². The summed E-state index contributed by atoms with van der Waals surface area (Å²) in [6, 6.07) is 0.758. The molecule has 18 heavy (non-hydrogen) atoms. The molecule has 0 saturated carbocycles. The minimum absolute atomic E-state index is 0.494. The first-order valence-corrected chi connectivity index (χ1v) is 7.47. The fraction of sp³-hybridized carbons (Fsp3) is 1.00. The highest BCUT2D eigenvalue weighted by molar-refractivity contribution is 4.78. The van der Waals surface area contributed by atoms with Gasteiger partial charge in [-0.25, -0.2) is 0 Å². The van der Waals surface area contributed by atoms with Crippen molar-refractivity contribution in [2.24, 2.45) is 0 Å². The van der Waals surface area contributed by atoms with Crippen LogP contribution in [0.3, 0.4) is 0 Å². The Morgan fingerprint density at radius 3 is 2.72 bits per heavy atom. The lowest BCUT2D eigenvalue weighted by atomic mass is 10.1. The van der Waals surface area contributed by atoms with E-state index in [1.54, 1.807) is 0 Å². The summed E-state index contributed by atoms with van der Waals surface area (Å²) in [5.74, 6) is 0. The van der Waals surface area contributed by atoms with Crippen LogP contribution in [0.1, 0.15) is 25.7 Å². The SMILES string of the molecule is CN(CCOC1CCNCC1)CC1CCCN1C. The van der Waals surface area contributed by atoms with E-state index in [2.05, 4.69) is 29.2 Å². The zero-order valence-corrected chi connectivity index (χ0v) is 12.0. The number of rotatable bonds is 6. The number of likely N-dealkylation sites (N-methyl/N-ethyl adjacent to an activating group) is 2. The number of hydrogen-bond donors (Lipinski definition) is 1. The van der Waals surface area contributed by atoms with Gasteiger partial charge in [-0.15, -0.1) is 0 Å². The predicted molar refractivity (Wildman–Crippen MR) is 75.0 cm³/mol. The molecule has 2 fully saturated rings. The quantitative estimate of drug-likeness (QED) is 0.759. The highest BCUT2D eigenvalue weighted by Gasteiger charge is 2.22. The van der Waals surface area contributed by atoms with Crippen LogP contribution in [0.25, 0.3) is 0 Å². The molecule has 0 bridgehead atoms. The van der Waals surface area contributed by atoms with Crippen molar-refractivity contribution in [1.29, 1.82) is 0 Å². The van der Waals surface area contributed by atoms with Crippen LogP contribution in [0.5, 0.6) is 0 Å². The number of ether oxygens (including phenoxy) is 1. The van der Waals surface area contributed by atoms with Gasteiger partial charge in [-0.05, 0) is 59.4 Å². The zero-order chi connectivity index (χ0) is 12.8. The molecule has 0 aromatic heterocycles. The molecule has 2 saturated heterocycles. The van der Waals surface area contributed by atoms with Gasteiger partial charge in [-0.3, -0.25) is 0 Å². The van der Waals surface area contributed by atoms with Crippen molar-refractivity contribution < 1.29 is 4.74 Å². The van der Waals surface area contributed by atoms with Crippen LogP contribution in [-0.2, 0) is 4.74 Å². The minimum atomic E-state index is 0.494. The lowest BCUT2D eigenvalue weighted by molar-refractivity contribution is 0.0212. The van der Waals surface area contributed by atoms with Crippen LogP contribution >= 0.6 is 0 Å². The van der Waals surface area contributed by atoms with E-state index in [-0.39, 0.29) is 0 Å². The number of likely N-dealkylation sites (tertiary alicyclic amines) is 1. The van der Waals surface area contributed by atoms with Crippen LogP contribution < -0.4 is 5.32 Å². The molecule has 1 atom stereocenters. The molecule has 0 spiro atoms. The van der Waals surface area contributed by atoms with E-state index in [4.69, 9.17) is 4.74 Å². The second-order valence-electron chi connectivity index (χ2n) is 5.86. The lowest BCUT2D eigenvalue weighted by Gasteiger charge is -2.27. The molecule has 2 aliphatic heterocycles. The fourth-order valence-electron chi connectivity index (χ4n) is 3.00. The third kappa shape index (κ3) is 4.50. The van der Waals surface area contributed by atoms with Gasteiger partial charge in [-0.1, -0.05) is 0 Å². The predicted octanol–water partition coefficient (Wildman–Crippen LogP) is 0.781. The molecule has 0 amide bonds. The standard InChI is InChI=1S/C14H29N3O/c1-16(12-13-4-3-9-17(13)2)10-11-18-14-5-7-15-8-6-14/h13-15H,3-12H2,1-2H3. The molecule has 2 rings (SSSR count). The highest BCUT2D eigenvalue weighted by Crippen LogP contribution is 2.15. The Morgan fingerprint density at radius 1 is 1.28 bits per heavy atom. The fourth-order valence-corrected chi connectivity index (χ4v) is 3.00. The molecule has 0 aromatic rings. The molecule has 4 heteroatoms. The molecule has 1 N–H and O–H groups in total.